The molecule has 0 bridgehead atoms. The minimum Gasteiger partial charge on any atom is -0.494 e. The van der Waals surface area contributed by atoms with E-state index in [0.717, 1.165) is 31.5 Å². The van der Waals surface area contributed by atoms with Crippen LogP contribution in [0.15, 0.2) is 34.5 Å². The Morgan fingerprint density at radius 1 is 1.35 bits per heavy atom. The number of pyridine rings is 1. The second kappa shape index (κ2) is 4.29. The van der Waals surface area contributed by atoms with E-state index in [-0.39, 0.29) is 0 Å². The Morgan fingerprint density at radius 3 is 3.10 bits per heavy atom. The van der Waals surface area contributed by atoms with E-state index in [1.54, 1.807) is 22.3 Å². The summed E-state index contributed by atoms with van der Waals surface area (Å²) in [6, 6.07) is 5.77. The molecule has 0 radical (unpaired) electrons. The molecule has 4 rings (SSSR count). The van der Waals surface area contributed by atoms with Crippen molar-refractivity contribution in [1.82, 2.24) is 24.2 Å². The Kier molecular flexibility index (Phi) is 2.54. The maximum atomic E-state index is 5.35. The van der Waals surface area contributed by atoms with Gasteiger partial charge in [-0.05, 0) is 34.1 Å². The van der Waals surface area contributed by atoms with Crippen molar-refractivity contribution in [3.8, 4) is 17.1 Å². The molecule has 4 aromatic heterocycles. The number of rotatable bonds is 2. The minimum absolute atomic E-state index is 0.784. The average Bonchev–Trinajstić information content (AvgIpc) is 3.10. The summed E-state index contributed by atoms with van der Waals surface area (Å²) in [5.74, 6) is 0.784. The van der Waals surface area contributed by atoms with Gasteiger partial charge in [0.05, 0.1) is 13.3 Å². The van der Waals surface area contributed by atoms with Gasteiger partial charge in [0.25, 0.3) is 0 Å². The first-order chi connectivity index (χ1) is 9.76. The molecular formula is C12H8BrN5OS. The third kappa shape index (κ3) is 1.65. The Morgan fingerprint density at radius 2 is 2.25 bits per heavy atom. The topological polar surface area (TPSA) is 56.7 Å². The fourth-order valence-electron chi connectivity index (χ4n) is 2.13. The Labute approximate surface area is 125 Å². The monoisotopic (exact) mass is 349 g/mol. The molecule has 0 atom stereocenters. The highest BCUT2D eigenvalue weighted by atomic mass is 79.9. The highest BCUT2D eigenvalue weighted by Crippen LogP contribution is 2.28. The van der Waals surface area contributed by atoms with E-state index < -0.39 is 0 Å². The lowest BCUT2D eigenvalue weighted by Gasteiger charge is -1.99. The Bertz CT molecular complexity index is 925. The number of halogens is 1. The maximum Gasteiger partial charge on any atom is 0.213 e. The zero-order valence-corrected chi connectivity index (χ0v) is 12.7. The first-order valence-corrected chi connectivity index (χ1v) is 7.40. The normalized spacial score (nSPS) is 11.5. The van der Waals surface area contributed by atoms with E-state index in [1.165, 1.54) is 11.3 Å². The number of methoxy groups -OCH3 is 1. The Hall–Kier alpha value is -1.93. The summed E-state index contributed by atoms with van der Waals surface area (Å²) in [6.07, 6.45) is 3.66. The molecule has 0 aliphatic heterocycles. The van der Waals surface area contributed by atoms with Crippen molar-refractivity contribution in [2.75, 3.05) is 7.11 Å². The van der Waals surface area contributed by atoms with E-state index in [1.807, 2.05) is 24.4 Å². The number of fused-ring (bicyclic) bond motifs is 2. The molecule has 100 valence electrons. The van der Waals surface area contributed by atoms with Crippen molar-refractivity contribution in [2.45, 2.75) is 0 Å². The van der Waals surface area contributed by atoms with Crippen LogP contribution in [0.2, 0.25) is 0 Å². The molecule has 6 nitrogen and oxygen atoms in total. The molecule has 0 unspecified atom stereocenters. The van der Waals surface area contributed by atoms with E-state index in [2.05, 4.69) is 31.1 Å². The van der Waals surface area contributed by atoms with Gasteiger partial charge in [-0.1, -0.05) is 11.3 Å². The van der Waals surface area contributed by atoms with E-state index >= 15 is 0 Å². The smallest absolute Gasteiger partial charge is 0.213 e. The molecule has 4 aromatic rings. The first kappa shape index (κ1) is 11.9. The second-order valence-corrected chi connectivity index (χ2v) is 6.36. The predicted octanol–water partition coefficient (Wildman–Crippen LogP) is 2.88. The van der Waals surface area contributed by atoms with Gasteiger partial charge in [-0.25, -0.2) is 14.0 Å². The molecule has 0 amide bonds. The van der Waals surface area contributed by atoms with E-state index in [4.69, 9.17) is 4.74 Å². The summed E-state index contributed by atoms with van der Waals surface area (Å²) in [5.41, 5.74) is 2.57. The molecule has 4 heterocycles. The number of imidazole rings is 1. The lowest BCUT2D eigenvalue weighted by molar-refractivity contribution is 0.417. The largest absolute Gasteiger partial charge is 0.494 e. The van der Waals surface area contributed by atoms with Crippen LogP contribution in [-0.2, 0) is 0 Å². The zero-order valence-electron chi connectivity index (χ0n) is 10.3. The van der Waals surface area contributed by atoms with Gasteiger partial charge in [0.15, 0.2) is 3.92 Å². The van der Waals surface area contributed by atoms with Gasteiger partial charge in [-0.2, -0.15) is 5.10 Å². The lowest BCUT2D eigenvalue weighted by atomic mass is 10.3. The van der Waals surface area contributed by atoms with Gasteiger partial charge < -0.3 is 4.74 Å². The van der Waals surface area contributed by atoms with Crippen LogP contribution in [0, 0.1) is 0 Å². The first-order valence-electron chi connectivity index (χ1n) is 5.79. The summed E-state index contributed by atoms with van der Waals surface area (Å²) < 4.78 is 9.71. The van der Waals surface area contributed by atoms with Crippen LogP contribution in [0.25, 0.3) is 21.9 Å². The molecule has 8 heteroatoms. The van der Waals surface area contributed by atoms with Gasteiger partial charge in [0.1, 0.15) is 22.7 Å². The number of ether oxygens (including phenoxy) is 1. The quantitative estimate of drug-likeness (QED) is 0.558. The van der Waals surface area contributed by atoms with Crippen molar-refractivity contribution in [3.63, 3.8) is 0 Å². The van der Waals surface area contributed by atoms with E-state index in [0.29, 0.717) is 0 Å². The molecular weight excluding hydrogens is 342 g/mol. The van der Waals surface area contributed by atoms with Crippen LogP contribution < -0.4 is 4.74 Å². The third-order valence-corrected chi connectivity index (χ3v) is 4.36. The SMILES string of the molecule is COc1cccn2nc(-c3cnc4sc(Br)nn34)cc12. The number of nitrogens with zero attached hydrogens (tertiary/aromatic N) is 5. The Balaban J connectivity index is 1.97. The van der Waals surface area contributed by atoms with Crippen LogP contribution in [0.1, 0.15) is 0 Å². The molecule has 0 saturated carbocycles. The number of aromatic nitrogens is 5. The molecule has 0 spiro atoms. The summed E-state index contributed by atoms with van der Waals surface area (Å²) >= 11 is 4.85. The minimum atomic E-state index is 0.784. The van der Waals surface area contributed by atoms with Crippen molar-refractivity contribution in [3.05, 3.63) is 34.5 Å². The standard InChI is InChI=1S/C12H8BrN5OS/c1-19-10-3-2-4-17-8(10)5-7(15-17)9-6-14-12-18(9)16-11(13)20-12/h2-6H,1H3. The van der Waals surface area contributed by atoms with Gasteiger partial charge in [-0.15, -0.1) is 5.10 Å². The summed E-state index contributed by atoms with van der Waals surface area (Å²) in [4.78, 5) is 5.17. The van der Waals surface area contributed by atoms with Gasteiger partial charge in [0, 0.05) is 6.20 Å². The fraction of sp³-hybridized carbons (Fsp3) is 0.0833. The summed E-state index contributed by atoms with van der Waals surface area (Å²) in [7, 11) is 1.65. The number of hydrogen-bond acceptors (Lipinski definition) is 5. The van der Waals surface area contributed by atoms with Gasteiger partial charge in [-0.3, -0.25) is 0 Å². The molecule has 0 aromatic carbocycles. The fourth-order valence-corrected chi connectivity index (χ4v) is 3.33. The van der Waals surface area contributed by atoms with E-state index in [9.17, 15) is 0 Å². The van der Waals surface area contributed by atoms with Crippen molar-refractivity contribution < 1.29 is 4.74 Å². The lowest BCUT2D eigenvalue weighted by Crippen LogP contribution is -1.91. The summed E-state index contributed by atoms with van der Waals surface area (Å²) in [5, 5.41) is 8.92. The third-order valence-electron chi connectivity index (χ3n) is 3.01. The zero-order chi connectivity index (χ0) is 13.7. The van der Waals surface area contributed by atoms with Crippen molar-refractivity contribution >= 4 is 37.7 Å². The highest BCUT2D eigenvalue weighted by Gasteiger charge is 2.14. The molecule has 0 N–H and O–H groups in total. The molecule has 0 aliphatic carbocycles. The molecule has 0 fully saturated rings. The second-order valence-electron chi connectivity index (χ2n) is 4.13. The van der Waals surface area contributed by atoms with Gasteiger partial charge in [0.2, 0.25) is 4.96 Å². The molecule has 0 saturated heterocycles. The maximum absolute atomic E-state index is 5.35. The predicted molar refractivity (Wildman–Crippen MR) is 79.3 cm³/mol. The number of hydrogen-bond donors (Lipinski definition) is 0. The van der Waals surface area contributed by atoms with Crippen LogP contribution in [0.3, 0.4) is 0 Å². The highest BCUT2D eigenvalue weighted by molar-refractivity contribution is 9.11. The van der Waals surface area contributed by atoms with Crippen molar-refractivity contribution in [2.24, 2.45) is 0 Å². The van der Waals surface area contributed by atoms with Crippen LogP contribution in [-0.4, -0.2) is 31.3 Å². The van der Waals surface area contributed by atoms with Gasteiger partial charge >= 0.3 is 0 Å². The molecule has 20 heavy (non-hydrogen) atoms. The summed E-state index contributed by atoms with van der Waals surface area (Å²) in [6.45, 7) is 0. The average molecular weight is 350 g/mol. The van der Waals surface area contributed by atoms with Crippen LogP contribution >= 0.6 is 27.3 Å². The molecule has 0 aliphatic rings. The van der Waals surface area contributed by atoms with Crippen molar-refractivity contribution in [1.29, 1.82) is 0 Å². The van der Waals surface area contributed by atoms with Crippen LogP contribution in [0.4, 0.5) is 0 Å². The van der Waals surface area contributed by atoms with Crippen LogP contribution in [0.5, 0.6) is 5.75 Å².